The van der Waals surface area contributed by atoms with Crippen LogP contribution in [0.4, 0.5) is 0 Å². The third kappa shape index (κ3) is 2.84. The van der Waals surface area contributed by atoms with Crippen LogP contribution in [0.1, 0.15) is 66.7 Å². The first kappa shape index (κ1) is 15.3. The fourth-order valence-corrected chi connectivity index (χ4v) is 4.37. The van der Waals surface area contributed by atoms with E-state index in [0.717, 1.165) is 25.9 Å². The topological polar surface area (TPSA) is 44.5 Å². The summed E-state index contributed by atoms with van der Waals surface area (Å²) in [4.78, 5) is 0. The fraction of sp³-hybridized carbons (Fsp3) is 1.00. The maximum atomic E-state index is 6.70. The second-order valence-corrected chi connectivity index (χ2v) is 7.51. The van der Waals surface area contributed by atoms with E-state index in [1.54, 1.807) is 0 Å². The van der Waals surface area contributed by atoms with Crippen LogP contribution >= 0.6 is 0 Å². The largest absolute Gasteiger partial charge is 0.374 e. The highest BCUT2D eigenvalue weighted by Gasteiger charge is 2.54. The fourth-order valence-electron chi connectivity index (χ4n) is 4.37. The summed E-state index contributed by atoms with van der Waals surface area (Å²) in [5, 5.41) is 0. The van der Waals surface area contributed by atoms with Crippen LogP contribution in [0.3, 0.4) is 0 Å². The first-order valence-corrected chi connectivity index (χ1v) is 7.82. The van der Waals surface area contributed by atoms with Gasteiger partial charge < -0.3 is 15.2 Å². The van der Waals surface area contributed by atoms with Gasteiger partial charge in [0.25, 0.3) is 0 Å². The first-order chi connectivity index (χ1) is 8.72. The number of hydrogen-bond acceptors (Lipinski definition) is 3. The summed E-state index contributed by atoms with van der Waals surface area (Å²) >= 11 is 0. The Morgan fingerprint density at radius 1 is 1.21 bits per heavy atom. The van der Waals surface area contributed by atoms with Gasteiger partial charge >= 0.3 is 0 Å². The predicted octanol–water partition coefficient (Wildman–Crippen LogP) is 3.26. The Morgan fingerprint density at radius 3 is 2.21 bits per heavy atom. The predicted molar refractivity (Wildman–Crippen MR) is 78.2 cm³/mol. The lowest BCUT2D eigenvalue weighted by Crippen LogP contribution is -2.56. The van der Waals surface area contributed by atoms with Gasteiger partial charge in [0.1, 0.15) is 0 Å². The van der Waals surface area contributed by atoms with E-state index < -0.39 is 0 Å². The van der Waals surface area contributed by atoms with Gasteiger partial charge in [0.2, 0.25) is 0 Å². The molecule has 2 fully saturated rings. The lowest BCUT2D eigenvalue weighted by Gasteiger charge is -2.42. The Hall–Kier alpha value is -0.120. The van der Waals surface area contributed by atoms with Gasteiger partial charge in [-0.1, -0.05) is 12.8 Å². The first-order valence-electron chi connectivity index (χ1n) is 7.82. The maximum absolute atomic E-state index is 6.70. The molecule has 0 radical (unpaired) electrons. The van der Waals surface area contributed by atoms with E-state index in [4.69, 9.17) is 15.2 Å². The van der Waals surface area contributed by atoms with Gasteiger partial charge in [0.15, 0.2) is 0 Å². The molecular weight excluding hydrogens is 238 g/mol. The molecule has 0 aromatic heterocycles. The van der Waals surface area contributed by atoms with E-state index >= 15 is 0 Å². The Kier molecular flexibility index (Phi) is 4.03. The lowest BCUT2D eigenvalue weighted by molar-refractivity contribution is -0.104. The molecule has 1 aliphatic heterocycles. The molecule has 3 heteroatoms. The SMILES string of the molecule is CCOC1(C(N)C2CC(C)(C)OC2(C)C)CCCC1. The van der Waals surface area contributed by atoms with Gasteiger partial charge in [-0.25, -0.2) is 0 Å². The van der Waals surface area contributed by atoms with E-state index in [1.165, 1.54) is 12.8 Å². The zero-order valence-corrected chi connectivity index (χ0v) is 13.3. The van der Waals surface area contributed by atoms with Crippen molar-refractivity contribution >= 4 is 0 Å². The molecule has 0 aromatic rings. The average molecular weight is 269 g/mol. The van der Waals surface area contributed by atoms with Gasteiger partial charge in [-0.2, -0.15) is 0 Å². The molecule has 1 saturated carbocycles. The van der Waals surface area contributed by atoms with Gasteiger partial charge in [0.05, 0.1) is 16.8 Å². The highest BCUT2D eigenvalue weighted by Crippen LogP contribution is 2.48. The summed E-state index contributed by atoms with van der Waals surface area (Å²) in [6.07, 6.45) is 5.72. The van der Waals surface area contributed by atoms with Crippen LogP contribution in [0.5, 0.6) is 0 Å². The monoisotopic (exact) mass is 269 g/mol. The number of ether oxygens (including phenoxy) is 2. The third-order valence-electron chi connectivity index (χ3n) is 5.07. The number of nitrogens with two attached hydrogens (primary N) is 1. The summed E-state index contributed by atoms with van der Waals surface area (Å²) in [5.41, 5.74) is 6.36. The minimum atomic E-state index is -0.157. The van der Waals surface area contributed by atoms with Crippen LogP contribution in [-0.4, -0.2) is 29.5 Å². The van der Waals surface area contributed by atoms with Crippen molar-refractivity contribution in [1.29, 1.82) is 0 Å². The smallest absolute Gasteiger partial charge is 0.0836 e. The van der Waals surface area contributed by atoms with Crippen LogP contribution in [0.2, 0.25) is 0 Å². The molecule has 0 aromatic carbocycles. The quantitative estimate of drug-likeness (QED) is 0.852. The zero-order valence-electron chi connectivity index (χ0n) is 13.3. The standard InChI is InChI=1S/C16H31NO2/c1-6-18-16(9-7-8-10-16)13(17)12-11-14(2,3)19-15(12,4)5/h12-13H,6-11,17H2,1-5H3. The molecule has 0 amide bonds. The van der Waals surface area contributed by atoms with Crippen LogP contribution in [0.15, 0.2) is 0 Å². The Balaban J connectivity index is 2.20. The van der Waals surface area contributed by atoms with Crippen molar-refractivity contribution in [1.82, 2.24) is 0 Å². The Labute approximate surface area is 118 Å². The normalized spacial score (nSPS) is 33.5. The molecule has 1 heterocycles. The van der Waals surface area contributed by atoms with Crippen LogP contribution in [0, 0.1) is 5.92 Å². The summed E-state index contributed by atoms with van der Waals surface area (Å²) in [6, 6.07) is 0.0757. The molecule has 2 rings (SSSR count). The molecule has 19 heavy (non-hydrogen) atoms. The molecule has 2 aliphatic rings. The van der Waals surface area contributed by atoms with E-state index in [9.17, 15) is 0 Å². The second-order valence-electron chi connectivity index (χ2n) is 7.51. The van der Waals surface area contributed by atoms with Crippen LogP contribution < -0.4 is 5.73 Å². The third-order valence-corrected chi connectivity index (χ3v) is 5.07. The highest BCUT2D eigenvalue weighted by molar-refractivity contribution is 5.07. The van der Waals surface area contributed by atoms with Crippen molar-refractivity contribution in [3.8, 4) is 0 Å². The minimum absolute atomic E-state index is 0.0716. The van der Waals surface area contributed by atoms with Crippen molar-refractivity contribution in [2.45, 2.75) is 89.6 Å². The molecule has 1 aliphatic carbocycles. The van der Waals surface area contributed by atoms with Crippen molar-refractivity contribution in [2.75, 3.05) is 6.61 Å². The molecule has 0 bridgehead atoms. The Morgan fingerprint density at radius 2 is 1.79 bits per heavy atom. The summed E-state index contributed by atoms with van der Waals surface area (Å²) in [6.45, 7) is 11.5. The molecular formula is C16H31NO2. The van der Waals surface area contributed by atoms with Crippen LogP contribution in [-0.2, 0) is 9.47 Å². The number of rotatable bonds is 4. The lowest BCUT2D eigenvalue weighted by atomic mass is 9.74. The van der Waals surface area contributed by atoms with E-state index in [2.05, 4.69) is 34.6 Å². The van der Waals surface area contributed by atoms with Crippen molar-refractivity contribution in [3.63, 3.8) is 0 Å². The molecule has 2 N–H and O–H groups in total. The molecule has 2 unspecified atom stereocenters. The van der Waals surface area contributed by atoms with Gasteiger partial charge in [-0.05, 0) is 53.9 Å². The molecule has 2 atom stereocenters. The zero-order chi connectivity index (χ0) is 14.3. The summed E-state index contributed by atoms with van der Waals surface area (Å²) < 4.78 is 12.4. The molecule has 3 nitrogen and oxygen atoms in total. The van der Waals surface area contributed by atoms with Gasteiger partial charge in [0, 0.05) is 18.6 Å². The van der Waals surface area contributed by atoms with Gasteiger partial charge in [-0.3, -0.25) is 0 Å². The molecule has 1 saturated heterocycles. The van der Waals surface area contributed by atoms with Crippen molar-refractivity contribution in [2.24, 2.45) is 11.7 Å². The maximum Gasteiger partial charge on any atom is 0.0836 e. The Bertz CT molecular complexity index is 319. The second kappa shape index (κ2) is 5.01. The molecule has 0 spiro atoms. The van der Waals surface area contributed by atoms with Crippen molar-refractivity contribution < 1.29 is 9.47 Å². The minimum Gasteiger partial charge on any atom is -0.374 e. The highest BCUT2D eigenvalue weighted by atomic mass is 16.5. The average Bonchev–Trinajstić information content (AvgIpc) is 2.81. The van der Waals surface area contributed by atoms with E-state index in [0.29, 0.717) is 5.92 Å². The summed E-state index contributed by atoms with van der Waals surface area (Å²) in [5.74, 6) is 0.368. The number of hydrogen-bond donors (Lipinski definition) is 1. The van der Waals surface area contributed by atoms with E-state index in [1.807, 2.05) is 0 Å². The molecule has 112 valence electrons. The van der Waals surface area contributed by atoms with Gasteiger partial charge in [-0.15, -0.1) is 0 Å². The summed E-state index contributed by atoms with van der Waals surface area (Å²) in [7, 11) is 0. The van der Waals surface area contributed by atoms with Crippen molar-refractivity contribution in [3.05, 3.63) is 0 Å². The van der Waals surface area contributed by atoms with E-state index in [-0.39, 0.29) is 22.8 Å². The van der Waals surface area contributed by atoms with Crippen LogP contribution in [0.25, 0.3) is 0 Å².